The molecule has 0 radical (unpaired) electrons. The average molecular weight is 328 g/mol. The third-order valence-corrected chi connectivity index (χ3v) is 3.69. The third kappa shape index (κ3) is 5.24. The van der Waals surface area contributed by atoms with Gasteiger partial charge in [-0.15, -0.1) is 11.8 Å². The predicted octanol–water partition coefficient (Wildman–Crippen LogP) is 1.43. The van der Waals surface area contributed by atoms with Crippen molar-refractivity contribution in [1.29, 1.82) is 0 Å². The summed E-state index contributed by atoms with van der Waals surface area (Å²) in [5, 5.41) is 21.9. The molecule has 0 aliphatic carbocycles. The Morgan fingerprint density at radius 1 is 1.50 bits per heavy atom. The number of thioether (sulfide) groups is 1. The van der Waals surface area contributed by atoms with Crippen molar-refractivity contribution in [2.45, 2.75) is 18.7 Å². The lowest BCUT2D eigenvalue weighted by molar-refractivity contribution is -0.385. The number of carboxylic acids is 1. The number of nitro benzene ring substituents is 1. The Balaban J connectivity index is 2.55. The molecular formula is C13H16N2O6S. The van der Waals surface area contributed by atoms with E-state index in [1.807, 2.05) is 0 Å². The van der Waals surface area contributed by atoms with Crippen molar-refractivity contribution in [1.82, 2.24) is 5.32 Å². The molecule has 22 heavy (non-hydrogen) atoms. The van der Waals surface area contributed by atoms with Gasteiger partial charge < -0.3 is 15.2 Å². The van der Waals surface area contributed by atoms with Crippen LogP contribution in [-0.4, -0.2) is 40.8 Å². The van der Waals surface area contributed by atoms with Crippen molar-refractivity contribution in [3.63, 3.8) is 0 Å². The molecule has 0 aliphatic rings. The van der Waals surface area contributed by atoms with Crippen LogP contribution in [0.25, 0.3) is 0 Å². The van der Waals surface area contributed by atoms with Gasteiger partial charge >= 0.3 is 11.7 Å². The molecule has 0 bridgehead atoms. The van der Waals surface area contributed by atoms with Crippen LogP contribution in [0.15, 0.2) is 18.2 Å². The van der Waals surface area contributed by atoms with Crippen molar-refractivity contribution < 1.29 is 24.4 Å². The van der Waals surface area contributed by atoms with E-state index in [9.17, 15) is 19.7 Å². The zero-order valence-electron chi connectivity index (χ0n) is 12.1. The Morgan fingerprint density at radius 3 is 2.73 bits per heavy atom. The summed E-state index contributed by atoms with van der Waals surface area (Å²) in [6, 6.07) is 3.62. The lowest BCUT2D eigenvalue weighted by atomic mass is 10.2. The molecule has 1 aromatic carbocycles. The lowest BCUT2D eigenvalue weighted by Crippen LogP contribution is -2.39. The number of methoxy groups -OCH3 is 1. The number of nitrogens with zero attached hydrogens (tertiary/aromatic N) is 1. The van der Waals surface area contributed by atoms with E-state index in [0.29, 0.717) is 11.3 Å². The van der Waals surface area contributed by atoms with Gasteiger partial charge in [0.25, 0.3) is 0 Å². The second kappa shape index (κ2) is 8.23. The summed E-state index contributed by atoms with van der Waals surface area (Å²) in [6.45, 7) is 1.37. The molecule has 0 unspecified atom stereocenters. The quantitative estimate of drug-likeness (QED) is 0.547. The van der Waals surface area contributed by atoms with Gasteiger partial charge in [0, 0.05) is 11.8 Å². The molecule has 0 aliphatic heterocycles. The summed E-state index contributed by atoms with van der Waals surface area (Å²) in [7, 11) is 1.35. The summed E-state index contributed by atoms with van der Waals surface area (Å²) in [5.41, 5.74) is 0.543. The smallest absolute Gasteiger partial charge is 0.325 e. The number of carbonyl (C=O) groups excluding carboxylic acids is 1. The zero-order chi connectivity index (χ0) is 16.7. The Morgan fingerprint density at radius 2 is 2.18 bits per heavy atom. The molecule has 0 heterocycles. The first-order chi connectivity index (χ1) is 10.3. The monoisotopic (exact) mass is 328 g/mol. The highest BCUT2D eigenvalue weighted by molar-refractivity contribution is 7.99. The average Bonchev–Trinajstić information content (AvgIpc) is 2.46. The SMILES string of the molecule is COc1ccc(CSCC(=O)N[C@@H](C)C(=O)O)cc1[N+](=O)[O-]. The molecule has 1 amide bonds. The molecule has 2 N–H and O–H groups in total. The van der Waals surface area contributed by atoms with Gasteiger partial charge in [0.15, 0.2) is 5.75 Å². The summed E-state index contributed by atoms with van der Waals surface area (Å²) >= 11 is 1.23. The van der Waals surface area contributed by atoms with E-state index in [-0.39, 0.29) is 17.2 Å². The van der Waals surface area contributed by atoms with E-state index in [1.165, 1.54) is 37.9 Å². The number of hydrogen-bond donors (Lipinski definition) is 2. The van der Waals surface area contributed by atoms with Crippen LogP contribution in [0.4, 0.5) is 5.69 Å². The van der Waals surface area contributed by atoms with E-state index < -0.39 is 22.8 Å². The largest absolute Gasteiger partial charge is 0.490 e. The molecule has 1 atom stereocenters. The Bertz CT molecular complexity index is 578. The van der Waals surface area contributed by atoms with Gasteiger partial charge in [0.2, 0.25) is 5.91 Å². The molecule has 120 valence electrons. The molecule has 0 aromatic heterocycles. The number of carboxylic acid groups (broad SMARTS) is 1. The normalized spacial score (nSPS) is 11.5. The van der Waals surface area contributed by atoms with Crippen LogP contribution in [0.1, 0.15) is 12.5 Å². The number of nitrogens with one attached hydrogen (secondary N) is 1. The predicted molar refractivity (Wildman–Crippen MR) is 81.1 cm³/mol. The molecule has 9 heteroatoms. The number of ether oxygens (including phenoxy) is 1. The highest BCUT2D eigenvalue weighted by atomic mass is 32.2. The number of aliphatic carboxylic acids is 1. The molecule has 1 rings (SSSR count). The van der Waals surface area contributed by atoms with E-state index in [0.717, 1.165) is 0 Å². The number of hydrogen-bond acceptors (Lipinski definition) is 6. The number of benzene rings is 1. The van der Waals surface area contributed by atoms with Crippen LogP contribution < -0.4 is 10.1 Å². The van der Waals surface area contributed by atoms with Crippen molar-refractivity contribution in [3.05, 3.63) is 33.9 Å². The van der Waals surface area contributed by atoms with Crippen LogP contribution in [-0.2, 0) is 15.3 Å². The second-order valence-corrected chi connectivity index (χ2v) is 5.37. The molecule has 0 fully saturated rings. The summed E-state index contributed by atoms with van der Waals surface area (Å²) in [4.78, 5) is 32.5. The first kappa shape index (κ1) is 17.8. The van der Waals surface area contributed by atoms with Gasteiger partial charge in [-0.2, -0.15) is 0 Å². The Hall–Kier alpha value is -2.29. The minimum Gasteiger partial charge on any atom is -0.490 e. The highest BCUT2D eigenvalue weighted by Gasteiger charge is 2.16. The fourth-order valence-corrected chi connectivity index (χ4v) is 2.36. The summed E-state index contributed by atoms with van der Waals surface area (Å²) in [6.07, 6.45) is 0. The number of carbonyl (C=O) groups is 2. The molecule has 1 aromatic rings. The van der Waals surface area contributed by atoms with Crippen LogP contribution in [0.3, 0.4) is 0 Å². The first-order valence-corrected chi connectivity index (χ1v) is 7.41. The topological polar surface area (TPSA) is 119 Å². The molecule has 8 nitrogen and oxygen atoms in total. The van der Waals surface area contributed by atoms with E-state index in [2.05, 4.69) is 5.32 Å². The molecule has 0 saturated heterocycles. The van der Waals surface area contributed by atoms with Gasteiger partial charge in [-0.25, -0.2) is 0 Å². The highest BCUT2D eigenvalue weighted by Crippen LogP contribution is 2.28. The molecule has 0 saturated carbocycles. The summed E-state index contributed by atoms with van der Waals surface area (Å²) < 4.78 is 4.90. The van der Waals surface area contributed by atoms with Crippen molar-refractivity contribution in [3.8, 4) is 5.75 Å². The number of nitro groups is 1. The minimum absolute atomic E-state index is 0.0669. The van der Waals surface area contributed by atoms with Crippen molar-refractivity contribution in [2.75, 3.05) is 12.9 Å². The van der Waals surface area contributed by atoms with Gasteiger partial charge in [0.05, 0.1) is 17.8 Å². The maximum atomic E-state index is 11.5. The Labute approximate surface area is 131 Å². The fourth-order valence-electron chi connectivity index (χ4n) is 1.57. The van der Waals surface area contributed by atoms with Gasteiger partial charge in [-0.1, -0.05) is 6.07 Å². The standard InChI is InChI=1S/C13H16N2O6S/c1-8(13(17)18)14-12(16)7-22-6-9-3-4-11(21-2)10(5-9)15(19)20/h3-5,8H,6-7H2,1-2H3,(H,14,16)(H,17,18)/t8-/m0/s1. The van der Waals surface area contributed by atoms with E-state index >= 15 is 0 Å². The van der Waals surface area contributed by atoms with Crippen LogP contribution in [0, 0.1) is 10.1 Å². The van der Waals surface area contributed by atoms with Gasteiger partial charge in [-0.05, 0) is 18.6 Å². The van der Waals surface area contributed by atoms with E-state index in [1.54, 1.807) is 6.07 Å². The number of rotatable bonds is 8. The maximum Gasteiger partial charge on any atom is 0.325 e. The van der Waals surface area contributed by atoms with Crippen molar-refractivity contribution in [2.24, 2.45) is 0 Å². The summed E-state index contributed by atoms with van der Waals surface area (Å²) in [5.74, 6) is -0.879. The van der Waals surface area contributed by atoms with Crippen LogP contribution in [0.2, 0.25) is 0 Å². The van der Waals surface area contributed by atoms with Crippen LogP contribution >= 0.6 is 11.8 Å². The van der Waals surface area contributed by atoms with Crippen molar-refractivity contribution >= 4 is 29.3 Å². The Kier molecular flexibility index (Phi) is 6.64. The van der Waals surface area contributed by atoms with Gasteiger partial charge in [-0.3, -0.25) is 19.7 Å². The fraction of sp³-hybridized carbons (Fsp3) is 0.385. The zero-order valence-corrected chi connectivity index (χ0v) is 12.9. The molecular weight excluding hydrogens is 312 g/mol. The van der Waals surface area contributed by atoms with Crippen LogP contribution in [0.5, 0.6) is 5.75 Å². The maximum absolute atomic E-state index is 11.5. The third-order valence-electron chi connectivity index (χ3n) is 2.69. The first-order valence-electron chi connectivity index (χ1n) is 6.26. The van der Waals surface area contributed by atoms with Gasteiger partial charge in [0.1, 0.15) is 6.04 Å². The number of amides is 1. The lowest BCUT2D eigenvalue weighted by Gasteiger charge is -2.09. The minimum atomic E-state index is -1.11. The van der Waals surface area contributed by atoms with E-state index in [4.69, 9.17) is 9.84 Å². The molecule has 0 spiro atoms. The second-order valence-electron chi connectivity index (χ2n) is 4.38.